The maximum absolute atomic E-state index is 5.79. The second kappa shape index (κ2) is 5.29. The van der Waals surface area contributed by atoms with Crippen molar-refractivity contribution < 1.29 is 0 Å². The van der Waals surface area contributed by atoms with Crippen molar-refractivity contribution in [1.29, 1.82) is 0 Å². The van der Waals surface area contributed by atoms with Gasteiger partial charge in [-0.05, 0) is 34.5 Å². The van der Waals surface area contributed by atoms with Gasteiger partial charge in [0.25, 0.3) is 0 Å². The van der Waals surface area contributed by atoms with Crippen LogP contribution in [0.15, 0.2) is 16.2 Å². The van der Waals surface area contributed by atoms with E-state index < -0.39 is 0 Å². The lowest BCUT2D eigenvalue weighted by Gasteiger charge is -2.18. The average molecular weight is 334 g/mol. The summed E-state index contributed by atoms with van der Waals surface area (Å²) in [4.78, 5) is 15.6. The van der Waals surface area contributed by atoms with Gasteiger partial charge in [-0.15, -0.1) is 11.3 Å². The van der Waals surface area contributed by atoms with Crippen LogP contribution in [0.4, 0.5) is 5.82 Å². The zero-order valence-corrected chi connectivity index (χ0v) is 12.5. The Morgan fingerprint density at radius 3 is 2.88 bits per heavy atom. The molecule has 0 aliphatic rings. The monoisotopic (exact) mass is 332 g/mol. The third-order valence-electron chi connectivity index (χ3n) is 2.28. The van der Waals surface area contributed by atoms with E-state index in [-0.39, 0.29) is 5.28 Å². The normalized spacial score (nSPS) is 10.6. The Kier molecular flexibility index (Phi) is 3.96. The maximum atomic E-state index is 5.79. The van der Waals surface area contributed by atoms with Gasteiger partial charge in [0.05, 0.1) is 22.2 Å². The molecule has 2 aromatic rings. The summed E-state index contributed by atoms with van der Waals surface area (Å²) < 4.78 is 0.826. The summed E-state index contributed by atoms with van der Waals surface area (Å²) >= 11 is 10.8. The number of halogens is 2. The summed E-state index contributed by atoms with van der Waals surface area (Å²) in [7, 11) is 1.96. The summed E-state index contributed by atoms with van der Waals surface area (Å²) in [5.41, 5.74) is 2.90. The van der Waals surface area contributed by atoms with Crippen molar-refractivity contribution in [3.8, 4) is 0 Å². The maximum Gasteiger partial charge on any atom is 0.224 e. The quantitative estimate of drug-likeness (QED) is 0.808. The number of hydrogen-bond acceptors (Lipinski definition) is 5. The second-order valence-corrected chi connectivity index (χ2v) is 5.66. The Balaban J connectivity index is 2.23. The minimum Gasteiger partial charge on any atom is -0.353 e. The lowest BCUT2D eigenvalue weighted by Crippen LogP contribution is -2.18. The summed E-state index contributed by atoms with van der Waals surface area (Å²) in [6, 6.07) is 0. The van der Waals surface area contributed by atoms with Crippen molar-refractivity contribution in [2.75, 3.05) is 11.9 Å². The highest BCUT2D eigenvalue weighted by Gasteiger charge is 2.11. The van der Waals surface area contributed by atoms with E-state index >= 15 is 0 Å². The van der Waals surface area contributed by atoms with Gasteiger partial charge in [0.2, 0.25) is 5.28 Å². The van der Waals surface area contributed by atoms with Crippen LogP contribution in [0.3, 0.4) is 0 Å². The van der Waals surface area contributed by atoms with Gasteiger partial charge in [0.15, 0.2) is 0 Å². The standard InChI is InChI=1S/C10H10BrClN4S/c1-6-8(17-5-14-6)4-16(2)9-7(11)3-13-10(12)15-9/h3,5H,4H2,1-2H3. The summed E-state index contributed by atoms with van der Waals surface area (Å²) in [5.74, 6) is 0.776. The predicted octanol–water partition coefficient (Wildman–Crippen LogP) is 3.29. The Hall–Kier alpha value is -0.720. The first kappa shape index (κ1) is 12.7. The summed E-state index contributed by atoms with van der Waals surface area (Å²) in [6.45, 7) is 2.75. The van der Waals surface area contributed by atoms with Crippen LogP contribution in [-0.2, 0) is 6.54 Å². The number of thiazole rings is 1. The predicted molar refractivity (Wildman–Crippen MR) is 73.7 cm³/mol. The highest BCUT2D eigenvalue weighted by molar-refractivity contribution is 9.10. The molecule has 2 rings (SSSR count). The molecule has 2 aromatic heterocycles. The van der Waals surface area contributed by atoms with Crippen LogP contribution in [0, 0.1) is 6.92 Å². The van der Waals surface area contributed by atoms with E-state index in [2.05, 4.69) is 30.9 Å². The molecule has 90 valence electrons. The lowest BCUT2D eigenvalue weighted by molar-refractivity contribution is 0.889. The van der Waals surface area contributed by atoms with Crippen LogP contribution in [0.2, 0.25) is 5.28 Å². The lowest BCUT2D eigenvalue weighted by atomic mass is 10.3. The van der Waals surface area contributed by atoms with Gasteiger partial charge >= 0.3 is 0 Å². The molecule has 0 fully saturated rings. The summed E-state index contributed by atoms with van der Waals surface area (Å²) in [5, 5.41) is 0.246. The molecule has 0 radical (unpaired) electrons. The van der Waals surface area contributed by atoms with Crippen LogP contribution in [0.1, 0.15) is 10.6 Å². The average Bonchev–Trinajstić information content (AvgIpc) is 2.68. The van der Waals surface area contributed by atoms with Gasteiger partial charge in [-0.2, -0.15) is 4.98 Å². The van der Waals surface area contributed by atoms with Crippen molar-refractivity contribution in [2.24, 2.45) is 0 Å². The SMILES string of the molecule is Cc1ncsc1CN(C)c1nc(Cl)ncc1Br. The van der Waals surface area contributed by atoms with Gasteiger partial charge < -0.3 is 4.90 Å². The highest BCUT2D eigenvalue weighted by atomic mass is 79.9. The topological polar surface area (TPSA) is 41.9 Å². The molecule has 0 aliphatic heterocycles. The first-order valence-electron chi connectivity index (χ1n) is 4.86. The molecule has 0 amide bonds. The van der Waals surface area contributed by atoms with Crippen LogP contribution in [0.25, 0.3) is 0 Å². The van der Waals surface area contributed by atoms with E-state index in [0.717, 1.165) is 22.5 Å². The molecule has 0 aromatic carbocycles. The number of nitrogens with zero attached hydrogens (tertiary/aromatic N) is 4. The number of aryl methyl sites for hydroxylation is 1. The van der Waals surface area contributed by atoms with Gasteiger partial charge in [0.1, 0.15) is 5.82 Å². The molecule has 17 heavy (non-hydrogen) atoms. The van der Waals surface area contributed by atoms with Gasteiger partial charge in [0, 0.05) is 18.1 Å². The minimum absolute atomic E-state index is 0.246. The Bertz CT molecular complexity index is 531. The second-order valence-electron chi connectivity index (χ2n) is 3.53. The van der Waals surface area contributed by atoms with Crippen molar-refractivity contribution in [3.05, 3.63) is 32.0 Å². The van der Waals surface area contributed by atoms with Crippen LogP contribution in [-0.4, -0.2) is 22.0 Å². The van der Waals surface area contributed by atoms with Crippen molar-refractivity contribution in [1.82, 2.24) is 15.0 Å². The van der Waals surface area contributed by atoms with Crippen molar-refractivity contribution >= 4 is 44.7 Å². The fourth-order valence-electron chi connectivity index (χ4n) is 1.37. The van der Waals surface area contributed by atoms with Crippen LogP contribution >= 0.6 is 38.9 Å². The zero-order chi connectivity index (χ0) is 12.4. The highest BCUT2D eigenvalue weighted by Crippen LogP contribution is 2.25. The molecule has 2 heterocycles. The van der Waals surface area contributed by atoms with E-state index in [0.29, 0.717) is 0 Å². The largest absolute Gasteiger partial charge is 0.353 e. The van der Waals surface area contributed by atoms with E-state index in [4.69, 9.17) is 11.6 Å². The van der Waals surface area contributed by atoms with Crippen LogP contribution < -0.4 is 4.90 Å². The summed E-state index contributed by atoms with van der Waals surface area (Å²) in [6.07, 6.45) is 1.65. The molecule has 4 nitrogen and oxygen atoms in total. The molecule has 0 bridgehead atoms. The fourth-order valence-corrected chi connectivity index (χ4v) is 2.83. The van der Waals surface area contributed by atoms with Crippen LogP contribution in [0.5, 0.6) is 0 Å². The van der Waals surface area contributed by atoms with Gasteiger partial charge in [-0.25, -0.2) is 9.97 Å². The number of anilines is 1. The number of aromatic nitrogens is 3. The molecule has 0 N–H and O–H groups in total. The molecule has 0 unspecified atom stereocenters. The number of rotatable bonds is 3. The first-order chi connectivity index (χ1) is 8.08. The first-order valence-corrected chi connectivity index (χ1v) is 6.91. The molecule has 0 atom stereocenters. The zero-order valence-electron chi connectivity index (χ0n) is 9.31. The van der Waals surface area contributed by atoms with Gasteiger partial charge in [-0.1, -0.05) is 0 Å². The van der Waals surface area contributed by atoms with Gasteiger partial charge in [-0.3, -0.25) is 0 Å². The molecular formula is C10H10BrClN4S. The number of hydrogen-bond donors (Lipinski definition) is 0. The molecule has 0 spiro atoms. The van der Waals surface area contributed by atoms with Crippen molar-refractivity contribution in [3.63, 3.8) is 0 Å². The molecular weight excluding hydrogens is 324 g/mol. The third kappa shape index (κ3) is 2.94. The van der Waals surface area contributed by atoms with E-state index in [1.54, 1.807) is 17.5 Å². The van der Waals surface area contributed by atoms with E-state index in [9.17, 15) is 0 Å². The molecule has 0 saturated carbocycles. The Morgan fingerprint density at radius 2 is 2.24 bits per heavy atom. The van der Waals surface area contributed by atoms with Crippen molar-refractivity contribution in [2.45, 2.75) is 13.5 Å². The van der Waals surface area contributed by atoms with E-state index in [1.807, 2.05) is 24.4 Å². The minimum atomic E-state index is 0.246. The molecule has 0 aliphatic carbocycles. The fraction of sp³-hybridized carbons (Fsp3) is 0.300. The third-order valence-corrected chi connectivity index (χ3v) is 3.94. The Labute approximate surface area is 117 Å². The smallest absolute Gasteiger partial charge is 0.224 e. The Morgan fingerprint density at radius 1 is 1.47 bits per heavy atom. The van der Waals surface area contributed by atoms with E-state index in [1.165, 1.54) is 4.88 Å². The molecule has 7 heteroatoms. The molecule has 0 saturated heterocycles.